The SMILES string of the molecule is COC(=O)N[C@H](C(=O)N1CCC[C@H]1c1ncc(-c2cc(F)c3c(c2)OC(c2cnc(-c4cccnc4)s2)n2c-3cc3cc(-c4cnc([C@@H]5CCCN5C(=O)[C@@H](NC(=O)OC)C(C)C)[nH]4)ccc32)[nH]1)C(C)C. The third-order valence-corrected chi connectivity index (χ3v) is 14.7. The number of H-pyrrole nitrogens is 2. The molecule has 1 unspecified atom stereocenters. The highest BCUT2D eigenvalue weighted by Crippen LogP contribution is 2.49. The Bertz CT molecular complexity index is 3150. The number of fused-ring (bicyclic) bond motifs is 5. The van der Waals surface area contributed by atoms with Gasteiger partial charge in [0, 0.05) is 53.8 Å². The Hall–Kier alpha value is -7.61. The summed E-state index contributed by atoms with van der Waals surface area (Å²) in [5.41, 5.74) is 5.20. The lowest BCUT2D eigenvalue weighted by atomic mass is 10.0. The van der Waals surface area contributed by atoms with Gasteiger partial charge >= 0.3 is 12.2 Å². The maximum Gasteiger partial charge on any atom is 0.407 e. The number of carbonyl (C=O) groups excluding carboxylic acids is 4. The molecule has 368 valence electrons. The molecule has 0 spiro atoms. The van der Waals surface area contributed by atoms with Crippen LogP contribution in [-0.2, 0) is 19.1 Å². The predicted molar refractivity (Wildman–Crippen MR) is 262 cm³/mol. The zero-order chi connectivity index (χ0) is 49.7. The average Bonchev–Trinajstić information content (AvgIpc) is 4.24. The van der Waals surface area contributed by atoms with Gasteiger partial charge in [-0.3, -0.25) is 19.1 Å². The van der Waals surface area contributed by atoms with Crippen molar-refractivity contribution in [3.05, 3.63) is 102 Å². The third kappa shape index (κ3) is 8.84. The van der Waals surface area contributed by atoms with Gasteiger partial charge in [-0.15, -0.1) is 11.3 Å². The van der Waals surface area contributed by atoms with E-state index in [1.54, 1.807) is 40.8 Å². The van der Waals surface area contributed by atoms with E-state index in [2.05, 4.69) is 25.6 Å². The number of likely N-dealkylation sites (tertiary alicyclic amines) is 2. The molecule has 20 heteroatoms. The Morgan fingerprint density at radius 1 is 0.761 bits per heavy atom. The first-order valence-corrected chi connectivity index (χ1v) is 24.6. The summed E-state index contributed by atoms with van der Waals surface area (Å²) >= 11 is 1.46. The third-order valence-electron chi connectivity index (χ3n) is 13.6. The summed E-state index contributed by atoms with van der Waals surface area (Å²) in [6, 6.07) is 12.8. The molecule has 7 aromatic rings. The maximum absolute atomic E-state index is 17.0. The number of amides is 4. The number of ether oxygens (including phenoxy) is 3. The Morgan fingerprint density at radius 2 is 1.38 bits per heavy atom. The van der Waals surface area contributed by atoms with Crippen molar-refractivity contribution in [2.24, 2.45) is 11.8 Å². The summed E-state index contributed by atoms with van der Waals surface area (Å²) in [4.78, 5) is 81.6. The molecule has 3 aliphatic rings. The predicted octanol–water partition coefficient (Wildman–Crippen LogP) is 8.77. The molecular formula is C51H54FN11O7S. The minimum atomic E-state index is -0.786. The van der Waals surface area contributed by atoms with Crippen molar-refractivity contribution in [1.82, 2.24) is 54.9 Å². The molecular weight excluding hydrogens is 930 g/mol. The number of benzene rings is 2. The molecule has 4 amide bonds. The van der Waals surface area contributed by atoms with Crippen molar-refractivity contribution < 1.29 is 37.8 Å². The Kier molecular flexibility index (Phi) is 12.8. The van der Waals surface area contributed by atoms with E-state index in [1.807, 2.05) is 74.7 Å². The lowest BCUT2D eigenvalue weighted by Crippen LogP contribution is -2.51. The molecule has 5 aromatic heterocycles. The van der Waals surface area contributed by atoms with Crippen molar-refractivity contribution in [2.75, 3.05) is 27.3 Å². The zero-order valence-electron chi connectivity index (χ0n) is 40.1. The van der Waals surface area contributed by atoms with Crippen LogP contribution in [0.3, 0.4) is 0 Å². The summed E-state index contributed by atoms with van der Waals surface area (Å²) < 4.78 is 35.5. The number of nitrogens with zero attached hydrogens (tertiary/aromatic N) is 7. The number of rotatable bonds is 12. The lowest BCUT2D eigenvalue weighted by molar-refractivity contribution is -0.136. The molecule has 2 saturated heterocycles. The van der Waals surface area contributed by atoms with E-state index in [4.69, 9.17) is 29.2 Å². The Labute approximate surface area is 412 Å². The first kappa shape index (κ1) is 47.1. The number of aromatic amines is 2. The summed E-state index contributed by atoms with van der Waals surface area (Å²) in [5.74, 6) is 0.249. The van der Waals surface area contributed by atoms with Crippen LogP contribution in [0.5, 0.6) is 5.75 Å². The number of hydrogen-bond donors (Lipinski definition) is 4. The largest absolute Gasteiger partial charge is 0.464 e. The molecule has 10 rings (SSSR count). The van der Waals surface area contributed by atoms with Gasteiger partial charge in [-0.25, -0.2) is 28.9 Å². The van der Waals surface area contributed by atoms with Gasteiger partial charge in [0.15, 0.2) is 0 Å². The average molecular weight is 984 g/mol. The first-order chi connectivity index (χ1) is 34.3. The van der Waals surface area contributed by atoms with E-state index in [-0.39, 0.29) is 35.7 Å². The van der Waals surface area contributed by atoms with E-state index < -0.39 is 36.3 Å². The molecule has 8 heterocycles. The fourth-order valence-electron chi connectivity index (χ4n) is 10.0. The van der Waals surface area contributed by atoms with E-state index >= 15 is 4.39 Å². The zero-order valence-corrected chi connectivity index (χ0v) is 40.9. The highest BCUT2D eigenvalue weighted by atomic mass is 32.1. The molecule has 71 heavy (non-hydrogen) atoms. The van der Waals surface area contributed by atoms with Gasteiger partial charge in [0.2, 0.25) is 18.0 Å². The minimum absolute atomic E-state index is 0.164. The van der Waals surface area contributed by atoms with E-state index in [0.29, 0.717) is 65.8 Å². The van der Waals surface area contributed by atoms with Gasteiger partial charge in [0.1, 0.15) is 40.3 Å². The van der Waals surface area contributed by atoms with Gasteiger partial charge in [0.25, 0.3) is 0 Å². The van der Waals surface area contributed by atoms with Crippen LogP contribution < -0.4 is 15.4 Å². The number of thiazole rings is 1. The van der Waals surface area contributed by atoms with Crippen molar-refractivity contribution in [1.29, 1.82) is 0 Å². The lowest BCUT2D eigenvalue weighted by Gasteiger charge is -2.30. The van der Waals surface area contributed by atoms with Crippen LogP contribution in [0.1, 0.15) is 88.2 Å². The fourth-order valence-corrected chi connectivity index (χ4v) is 10.9. The van der Waals surface area contributed by atoms with Crippen LogP contribution in [0, 0.1) is 17.7 Å². The molecule has 2 fully saturated rings. The molecule has 5 atom stereocenters. The summed E-state index contributed by atoms with van der Waals surface area (Å²) in [5, 5.41) is 6.97. The second-order valence-corrected chi connectivity index (χ2v) is 19.8. The summed E-state index contributed by atoms with van der Waals surface area (Å²) in [6.07, 6.45) is 9.48. The van der Waals surface area contributed by atoms with Gasteiger partial charge in [0.05, 0.1) is 71.7 Å². The second-order valence-electron chi connectivity index (χ2n) is 18.7. The first-order valence-electron chi connectivity index (χ1n) is 23.7. The molecule has 18 nitrogen and oxygen atoms in total. The van der Waals surface area contributed by atoms with E-state index in [9.17, 15) is 19.2 Å². The highest BCUT2D eigenvalue weighted by molar-refractivity contribution is 7.15. The van der Waals surface area contributed by atoms with Gasteiger partial charge in [-0.05, 0) is 80.0 Å². The van der Waals surface area contributed by atoms with Gasteiger partial charge in [-0.2, -0.15) is 0 Å². The number of carbonyl (C=O) groups is 4. The monoisotopic (exact) mass is 983 g/mol. The van der Waals surface area contributed by atoms with Gasteiger partial charge < -0.3 is 44.6 Å². The summed E-state index contributed by atoms with van der Waals surface area (Å²) in [6.45, 7) is 8.51. The topological polar surface area (TPSA) is 215 Å². The molecule has 0 radical (unpaired) electrons. The van der Waals surface area contributed by atoms with Crippen LogP contribution in [0.4, 0.5) is 14.0 Å². The Balaban J connectivity index is 0.983. The van der Waals surface area contributed by atoms with Crippen LogP contribution in [0.2, 0.25) is 0 Å². The second kappa shape index (κ2) is 19.3. The highest BCUT2D eigenvalue weighted by Gasteiger charge is 2.40. The van der Waals surface area contributed by atoms with Crippen LogP contribution in [0.25, 0.3) is 55.2 Å². The quantitative estimate of drug-likeness (QED) is 0.0908. The van der Waals surface area contributed by atoms with Gasteiger partial charge in [-0.1, -0.05) is 33.8 Å². The van der Waals surface area contributed by atoms with Crippen molar-refractivity contribution in [3.63, 3.8) is 0 Å². The number of imidazole rings is 2. The van der Waals surface area contributed by atoms with E-state index in [1.165, 1.54) is 31.6 Å². The van der Waals surface area contributed by atoms with Crippen molar-refractivity contribution in [3.8, 4) is 50.1 Å². The minimum Gasteiger partial charge on any atom is -0.464 e. The normalized spacial score (nSPS) is 18.3. The van der Waals surface area contributed by atoms with Crippen molar-refractivity contribution >= 4 is 46.2 Å². The molecule has 3 aliphatic heterocycles. The number of methoxy groups -OCH3 is 2. The fraction of sp³-hybridized carbons (Fsp3) is 0.373. The standard InChI is InChI=1S/C51H54FN11O7S/c1-26(2)42(59-50(66)68-5)47(64)61-16-8-11-36(61)44-54-23-33(57-44)28-13-14-35-31(18-28)20-38-41-32(52)19-30(21-39(41)70-49(63(35)38)40-25-56-46(71-40)29-10-7-15-53-22-29)34-24-55-45(58-34)37-12-9-17-62(37)48(65)43(27(3)4)60-51(67)69-6/h7,10,13-15,18-27,36-37,42-43,49H,8-9,11-12,16-17H2,1-6H3,(H,54,57)(H,55,58)(H,59,66)(H,60,67)/t36-,37-,42-,43-,49?/m0/s1. The smallest absolute Gasteiger partial charge is 0.407 e. The number of hydrogen-bond acceptors (Lipinski definition) is 12. The number of alkyl carbamates (subject to hydrolysis) is 2. The molecule has 0 saturated carbocycles. The van der Waals surface area contributed by atoms with E-state index in [0.717, 1.165) is 50.5 Å². The number of pyridine rings is 1. The number of aromatic nitrogens is 7. The Morgan fingerprint density at radius 3 is 1.96 bits per heavy atom. The number of halogens is 1. The summed E-state index contributed by atoms with van der Waals surface area (Å²) in [7, 11) is 2.54. The number of nitrogens with one attached hydrogen (secondary N) is 4. The molecule has 4 N–H and O–H groups in total. The van der Waals surface area contributed by atoms with Crippen LogP contribution in [-0.4, -0.2) is 108 Å². The van der Waals surface area contributed by atoms with Crippen LogP contribution >= 0.6 is 11.3 Å². The molecule has 2 aromatic carbocycles. The van der Waals surface area contributed by atoms with Crippen LogP contribution in [0.15, 0.2) is 79.5 Å². The van der Waals surface area contributed by atoms with Crippen molar-refractivity contribution in [2.45, 2.75) is 83.8 Å². The maximum atomic E-state index is 17.0. The molecule has 0 bridgehead atoms. The molecule has 0 aliphatic carbocycles.